The lowest BCUT2D eigenvalue weighted by atomic mass is 10.1. The van der Waals surface area contributed by atoms with Crippen molar-refractivity contribution in [3.8, 4) is 5.75 Å². The fourth-order valence-electron chi connectivity index (χ4n) is 0.837. The smallest absolute Gasteiger partial charge is 0.182 e. The van der Waals surface area contributed by atoms with E-state index in [1.165, 1.54) is 24.3 Å². The van der Waals surface area contributed by atoms with Crippen molar-refractivity contribution in [2.75, 3.05) is 0 Å². The topological polar surface area (TPSA) is 80.6 Å². The molecule has 3 N–H and O–H groups in total. The van der Waals surface area contributed by atoms with Crippen LogP contribution in [0.2, 0.25) is 0 Å². The Labute approximate surface area is 69.3 Å². The average Bonchev–Trinajstić information content (AvgIpc) is 2.04. The number of aliphatic hydroxyl groups is 3. The van der Waals surface area contributed by atoms with Crippen molar-refractivity contribution in [2.45, 2.75) is 12.4 Å². The summed E-state index contributed by atoms with van der Waals surface area (Å²) in [5, 5.41) is 36.8. The van der Waals surface area contributed by atoms with Crippen LogP contribution in [0.1, 0.15) is 11.7 Å². The minimum Gasteiger partial charge on any atom is -0.383 e. The summed E-state index contributed by atoms with van der Waals surface area (Å²) in [7, 11) is 0. The number of hydrogen-bond acceptors (Lipinski definition) is 3. The highest BCUT2D eigenvalue weighted by atomic mass is 16.5. The normalized spacial score (nSPS) is 13.3. The van der Waals surface area contributed by atoms with E-state index in [-0.39, 0.29) is 5.75 Å². The maximum atomic E-state index is 10.6. The molecule has 0 aromatic heterocycles. The summed E-state index contributed by atoms with van der Waals surface area (Å²) in [6, 6.07) is 5.21. The van der Waals surface area contributed by atoms with Crippen molar-refractivity contribution < 1.29 is 20.4 Å². The molecule has 0 saturated heterocycles. The van der Waals surface area contributed by atoms with Crippen LogP contribution in [0, 0.1) is 0 Å². The predicted octanol–water partition coefficient (Wildman–Crippen LogP) is 0.175. The molecule has 0 aliphatic heterocycles. The lowest BCUT2D eigenvalue weighted by molar-refractivity contribution is -0.123. The van der Waals surface area contributed by atoms with Crippen molar-refractivity contribution in [2.24, 2.45) is 0 Å². The van der Waals surface area contributed by atoms with Gasteiger partial charge in [-0.2, -0.15) is 0 Å². The molecule has 4 nitrogen and oxygen atoms in total. The molecule has 0 aliphatic carbocycles. The molecular formula is C8H9O4. The van der Waals surface area contributed by atoms with E-state index in [1.807, 2.05) is 0 Å². The van der Waals surface area contributed by atoms with E-state index in [9.17, 15) is 5.11 Å². The molecule has 0 aliphatic rings. The first-order chi connectivity index (χ1) is 5.61. The van der Waals surface area contributed by atoms with Crippen LogP contribution >= 0.6 is 0 Å². The summed E-state index contributed by atoms with van der Waals surface area (Å²) >= 11 is 0. The van der Waals surface area contributed by atoms with E-state index < -0.39 is 12.4 Å². The van der Waals surface area contributed by atoms with Crippen molar-refractivity contribution in [3.63, 3.8) is 0 Å². The maximum absolute atomic E-state index is 10.6. The standard InChI is InChI=1S/C8H9O4/c9-6-3-1-5(2-4-6)7(10)8(11)12/h1-4,7-8,10-12H. The second-order valence-corrected chi connectivity index (χ2v) is 2.43. The molecule has 1 atom stereocenters. The molecular weight excluding hydrogens is 160 g/mol. The molecule has 65 valence electrons. The van der Waals surface area contributed by atoms with Crippen LogP contribution in [-0.4, -0.2) is 21.6 Å². The second kappa shape index (κ2) is 3.53. The number of aliphatic hydroxyl groups excluding tert-OH is 2. The largest absolute Gasteiger partial charge is 0.383 e. The van der Waals surface area contributed by atoms with Gasteiger partial charge >= 0.3 is 0 Å². The molecule has 1 unspecified atom stereocenters. The van der Waals surface area contributed by atoms with Crippen LogP contribution < -0.4 is 0 Å². The molecule has 1 radical (unpaired) electrons. The zero-order valence-corrected chi connectivity index (χ0v) is 6.21. The Kier molecular flexibility index (Phi) is 2.65. The molecule has 12 heavy (non-hydrogen) atoms. The Hall–Kier alpha value is -1.10. The molecule has 1 aromatic carbocycles. The molecule has 1 aromatic rings. The molecule has 1 rings (SSSR count). The van der Waals surface area contributed by atoms with Crippen LogP contribution in [0.4, 0.5) is 0 Å². The van der Waals surface area contributed by atoms with Gasteiger partial charge in [0.1, 0.15) is 6.10 Å². The Bertz CT molecular complexity index is 242. The van der Waals surface area contributed by atoms with E-state index in [4.69, 9.17) is 15.3 Å². The first-order valence-corrected chi connectivity index (χ1v) is 3.42. The Morgan fingerprint density at radius 2 is 1.50 bits per heavy atom. The van der Waals surface area contributed by atoms with Crippen molar-refractivity contribution in [1.29, 1.82) is 0 Å². The number of rotatable bonds is 2. The molecule has 4 heteroatoms. The van der Waals surface area contributed by atoms with E-state index in [1.54, 1.807) is 0 Å². The third-order valence-electron chi connectivity index (χ3n) is 1.50. The van der Waals surface area contributed by atoms with Crippen molar-refractivity contribution >= 4 is 0 Å². The van der Waals surface area contributed by atoms with Gasteiger partial charge in [-0.25, -0.2) is 0 Å². The highest BCUT2D eigenvalue weighted by molar-refractivity contribution is 5.27. The van der Waals surface area contributed by atoms with Gasteiger partial charge in [-0.1, -0.05) is 12.1 Å². The summed E-state index contributed by atoms with van der Waals surface area (Å²) in [6.45, 7) is 0. The third kappa shape index (κ3) is 1.94. The summed E-state index contributed by atoms with van der Waals surface area (Å²) in [5.41, 5.74) is 0.310. The van der Waals surface area contributed by atoms with E-state index >= 15 is 0 Å². The fraction of sp³-hybridized carbons (Fsp3) is 0.250. The van der Waals surface area contributed by atoms with E-state index in [0.717, 1.165) is 0 Å². The first kappa shape index (κ1) is 8.99. The summed E-state index contributed by atoms with van der Waals surface area (Å²) < 4.78 is 0. The van der Waals surface area contributed by atoms with Gasteiger partial charge in [0.15, 0.2) is 12.0 Å². The average molecular weight is 169 g/mol. The molecule has 0 heterocycles. The van der Waals surface area contributed by atoms with Crippen molar-refractivity contribution in [1.82, 2.24) is 0 Å². The van der Waals surface area contributed by atoms with Gasteiger partial charge in [0.25, 0.3) is 0 Å². The van der Waals surface area contributed by atoms with Gasteiger partial charge in [0.05, 0.1) is 0 Å². The van der Waals surface area contributed by atoms with Crippen LogP contribution in [0.3, 0.4) is 0 Å². The zero-order valence-electron chi connectivity index (χ0n) is 6.21. The van der Waals surface area contributed by atoms with E-state index in [0.29, 0.717) is 5.56 Å². The first-order valence-electron chi connectivity index (χ1n) is 3.42. The molecule has 0 saturated carbocycles. The number of benzene rings is 1. The van der Waals surface area contributed by atoms with E-state index in [2.05, 4.69) is 0 Å². The zero-order chi connectivity index (χ0) is 9.14. The Morgan fingerprint density at radius 3 is 1.92 bits per heavy atom. The predicted molar refractivity (Wildman–Crippen MR) is 39.8 cm³/mol. The molecule has 0 spiro atoms. The minimum atomic E-state index is -1.82. The Balaban J connectivity index is 2.82. The SMILES string of the molecule is [O]c1ccc(C(O)C(O)O)cc1. The van der Waals surface area contributed by atoms with Gasteiger partial charge < -0.3 is 15.3 Å². The van der Waals surface area contributed by atoms with Gasteiger partial charge in [0, 0.05) is 0 Å². The van der Waals surface area contributed by atoms with Crippen LogP contribution in [-0.2, 0) is 5.11 Å². The van der Waals surface area contributed by atoms with Crippen LogP contribution in [0.5, 0.6) is 5.75 Å². The fourth-order valence-corrected chi connectivity index (χ4v) is 0.837. The molecule has 0 bridgehead atoms. The minimum absolute atomic E-state index is 0.182. The van der Waals surface area contributed by atoms with Gasteiger partial charge in [-0.15, -0.1) is 0 Å². The summed E-state index contributed by atoms with van der Waals surface area (Å²) in [6.07, 6.45) is -3.17. The van der Waals surface area contributed by atoms with Crippen molar-refractivity contribution in [3.05, 3.63) is 29.8 Å². The second-order valence-electron chi connectivity index (χ2n) is 2.43. The third-order valence-corrected chi connectivity index (χ3v) is 1.50. The monoisotopic (exact) mass is 169 g/mol. The van der Waals surface area contributed by atoms with Gasteiger partial charge in [-0.05, 0) is 17.7 Å². The number of hydrogen-bond donors (Lipinski definition) is 3. The van der Waals surface area contributed by atoms with Gasteiger partial charge in [0.2, 0.25) is 0 Å². The quantitative estimate of drug-likeness (QED) is 0.552. The Morgan fingerprint density at radius 1 is 1.00 bits per heavy atom. The highest BCUT2D eigenvalue weighted by Gasteiger charge is 2.14. The summed E-state index contributed by atoms with van der Waals surface area (Å²) in [4.78, 5) is 0. The molecule has 0 fully saturated rings. The lowest BCUT2D eigenvalue weighted by Gasteiger charge is -2.11. The molecule has 0 amide bonds. The van der Waals surface area contributed by atoms with Gasteiger partial charge in [-0.3, -0.25) is 5.11 Å². The van der Waals surface area contributed by atoms with Crippen LogP contribution in [0.25, 0.3) is 0 Å². The highest BCUT2D eigenvalue weighted by Crippen LogP contribution is 2.18. The van der Waals surface area contributed by atoms with Crippen LogP contribution in [0.15, 0.2) is 24.3 Å². The summed E-state index contributed by atoms with van der Waals surface area (Å²) in [5.74, 6) is -0.182. The maximum Gasteiger partial charge on any atom is 0.182 e. The lowest BCUT2D eigenvalue weighted by Crippen LogP contribution is -2.16.